The lowest BCUT2D eigenvalue weighted by Gasteiger charge is -2.32. The molecule has 1 saturated carbocycles. The topological polar surface area (TPSA) is 72.0 Å². The van der Waals surface area contributed by atoms with Crippen LogP contribution in [0.15, 0.2) is 23.2 Å². The van der Waals surface area contributed by atoms with Gasteiger partial charge in [-0.05, 0) is 50.3 Å². The van der Waals surface area contributed by atoms with E-state index in [1.807, 2.05) is 0 Å². The monoisotopic (exact) mass is 468 g/mol. The van der Waals surface area contributed by atoms with E-state index in [4.69, 9.17) is 16.3 Å². The van der Waals surface area contributed by atoms with Crippen LogP contribution in [0.1, 0.15) is 48.9 Å². The van der Waals surface area contributed by atoms with Crippen molar-refractivity contribution < 1.29 is 30.7 Å². The van der Waals surface area contributed by atoms with Crippen molar-refractivity contribution in [3.05, 3.63) is 46.1 Å². The number of alkyl halides is 3. The fourth-order valence-corrected chi connectivity index (χ4v) is 4.71. The number of hydrogen-bond donors (Lipinski definition) is 1. The van der Waals surface area contributed by atoms with Crippen LogP contribution < -0.4 is 0 Å². The number of nitrogens with one attached hydrogen (secondary N) is 1. The van der Waals surface area contributed by atoms with E-state index in [9.17, 15) is 26.0 Å². The molecule has 0 spiro atoms. The number of nitrogens with zero attached hydrogens (tertiary/aromatic N) is 1. The van der Waals surface area contributed by atoms with E-state index in [0.29, 0.717) is 11.3 Å². The molecule has 0 bridgehead atoms. The van der Waals surface area contributed by atoms with Gasteiger partial charge in [-0.2, -0.15) is 13.2 Å². The number of sulfone groups is 1. The lowest BCUT2D eigenvalue weighted by Crippen LogP contribution is -2.31. The Morgan fingerprint density at radius 3 is 2.37 bits per heavy atom. The maximum absolute atomic E-state index is 13.6. The van der Waals surface area contributed by atoms with Gasteiger partial charge < -0.3 is 9.72 Å². The van der Waals surface area contributed by atoms with E-state index in [0.717, 1.165) is 12.3 Å². The zero-order valence-corrected chi connectivity index (χ0v) is 17.8. The van der Waals surface area contributed by atoms with Crippen molar-refractivity contribution >= 4 is 21.4 Å². The Hall–Kier alpha value is -1.65. The average Bonchev–Trinajstić information content (AvgIpc) is 3.03. The number of aromatic amines is 1. The van der Waals surface area contributed by atoms with E-state index in [1.165, 1.54) is 19.1 Å². The summed E-state index contributed by atoms with van der Waals surface area (Å²) < 4.78 is 82.4. The smallest absolute Gasteiger partial charge is 0.362 e. The first-order valence-electron chi connectivity index (χ1n) is 9.30. The Morgan fingerprint density at radius 2 is 1.87 bits per heavy atom. The molecular formula is C19H21ClF4N2O3S. The molecule has 30 heavy (non-hydrogen) atoms. The number of benzene rings is 1. The standard InChI is InChI=1S/C19H21ClF4N2O3S/c1-10-18(30(2,27)28)26-17(25-10)16(11-3-8-15(21)14(20)9-11)29-13-6-4-12(5-7-13)19(22,23)24/h3,8-9,12-13,16H,4-7H2,1-2H3,(H,25,26)/t12-,13+,16?. The van der Waals surface area contributed by atoms with Crippen LogP contribution in [-0.2, 0) is 14.6 Å². The summed E-state index contributed by atoms with van der Waals surface area (Å²) >= 11 is 5.88. The molecule has 0 amide bonds. The molecule has 1 aliphatic rings. The molecule has 0 aliphatic heterocycles. The maximum atomic E-state index is 13.6. The molecule has 1 atom stereocenters. The van der Waals surface area contributed by atoms with E-state index in [2.05, 4.69) is 9.97 Å². The first-order chi connectivity index (χ1) is 13.9. The Kier molecular flexibility index (Phi) is 6.50. The average molecular weight is 469 g/mol. The number of hydrogen-bond acceptors (Lipinski definition) is 4. The van der Waals surface area contributed by atoms with Crippen molar-refractivity contribution in [2.24, 2.45) is 5.92 Å². The summed E-state index contributed by atoms with van der Waals surface area (Å²) in [4.78, 5) is 7.02. The first-order valence-corrected chi connectivity index (χ1v) is 11.6. The van der Waals surface area contributed by atoms with Gasteiger partial charge in [-0.3, -0.25) is 0 Å². The van der Waals surface area contributed by atoms with E-state index in [-0.39, 0.29) is 41.6 Å². The molecule has 0 saturated heterocycles. The van der Waals surface area contributed by atoms with Gasteiger partial charge in [-0.1, -0.05) is 17.7 Å². The number of H-pyrrole nitrogens is 1. The molecule has 11 heteroatoms. The predicted octanol–water partition coefficient (Wildman–Crippen LogP) is 5.14. The molecule has 166 valence electrons. The van der Waals surface area contributed by atoms with Crippen molar-refractivity contribution in [2.45, 2.75) is 56.0 Å². The third kappa shape index (κ3) is 5.15. The summed E-state index contributed by atoms with van der Waals surface area (Å²) in [6.07, 6.45) is -4.40. The van der Waals surface area contributed by atoms with Crippen LogP contribution >= 0.6 is 11.6 Å². The van der Waals surface area contributed by atoms with Gasteiger partial charge in [0.15, 0.2) is 14.9 Å². The van der Waals surface area contributed by atoms with E-state index >= 15 is 0 Å². The molecule has 1 aliphatic carbocycles. The molecule has 1 aromatic heterocycles. The molecule has 1 heterocycles. The van der Waals surface area contributed by atoms with Gasteiger partial charge >= 0.3 is 6.18 Å². The molecule has 1 aromatic carbocycles. The summed E-state index contributed by atoms with van der Waals surface area (Å²) in [6, 6.07) is 3.90. The Labute approximate surface area is 176 Å². The molecular weight excluding hydrogens is 448 g/mol. The van der Waals surface area contributed by atoms with Crippen molar-refractivity contribution in [1.82, 2.24) is 9.97 Å². The zero-order valence-electron chi connectivity index (χ0n) is 16.3. The first kappa shape index (κ1) is 23.0. The quantitative estimate of drug-likeness (QED) is 0.617. The molecule has 0 radical (unpaired) electrons. The minimum absolute atomic E-state index is 0.0587. The van der Waals surface area contributed by atoms with Crippen molar-refractivity contribution in [2.75, 3.05) is 6.26 Å². The molecule has 1 unspecified atom stereocenters. The fourth-order valence-electron chi connectivity index (χ4n) is 3.65. The van der Waals surface area contributed by atoms with E-state index < -0.39 is 40.0 Å². The van der Waals surface area contributed by atoms with Crippen molar-refractivity contribution in [3.63, 3.8) is 0 Å². The summed E-state index contributed by atoms with van der Waals surface area (Å²) in [7, 11) is -3.61. The maximum Gasteiger partial charge on any atom is 0.391 e. The fraction of sp³-hybridized carbons (Fsp3) is 0.526. The largest absolute Gasteiger partial charge is 0.391 e. The SMILES string of the molecule is Cc1[nH]c(C(O[C@H]2CC[C@@H](C(F)(F)F)CC2)c2ccc(F)c(Cl)c2)nc1S(C)(=O)=O. The third-order valence-corrected chi connectivity index (χ3v) is 6.56. The minimum Gasteiger partial charge on any atom is -0.362 e. The highest BCUT2D eigenvalue weighted by Crippen LogP contribution is 2.40. The summed E-state index contributed by atoms with van der Waals surface area (Å²) in [6.45, 7) is 1.54. The number of aryl methyl sites for hydroxylation is 1. The second kappa shape index (κ2) is 8.47. The highest BCUT2D eigenvalue weighted by atomic mass is 35.5. The van der Waals surface area contributed by atoms with Gasteiger partial charge in [0.05, 0.1) is 22.7 Å². The third-order valence-electron chi connectivity index (χ3n) is 5.17. The van der Waals surface area contributed by atoms with Gasteiger partial charge in [0, 0.05) is 6.26 Å². The lowest BCUT2D eigenvalue weighted by atomic mass is 9.87. The second-order valence-electron chi connectivity index (χ2n) is 7.53. The number of halogens is 5. The number of rotatable bonds is 5. The van der Waals surface area contributed by atoms with Crippen LogP contribution in [0.3, 0.4) is 0 Å². The molecule has 5 nitrogen and oxygen atoms in total. The van der Waals surface area contributed by atoms with Crippen LogP contribution in [0.2, 0.25) is 5.02 Å². The lowest BCUT2D eigenvalue weighted by molar-refractivity contribution is -0.188. The molecule has 3 rings (SSSR count). The highest BCUT2D eigenvalue weighted by molar-refractivity contribution is 7.90. The number of ether oxygens (including phenoxy) is 1. The van der Waals surface area contributed by atoms with Gasteiger partial charge in [-0.15, -0.1) is 0 Å². The highest BCUT2D eigenvalue weighted by Gasteiger charge is 2.42. The summed E-state index contributed by atoms with van der Waals surface area (Å²) in [5.74, 6) is -1.84. The van der Waals surface area contributed by atoms with Crippen LogP contribution in [-0.4, -0.2) is 36.9 Å². The molecule has 2 aromatic rings. The Bertz CT molecular complexity index is 1020. The molecule has 1 fully saturated rings. The normalized spacial score (nSPS) is 21.6. The Morgan fingerprint density at radius 1 is 1.23 bits per heavy atom. The zero-order chi connectivity index (χ0) is 22.3. The van der Waals surface area contributed by atoms with Gasteiger partial charge in [0.1, 0.15) is 17.7 Å². The summed E-state index contributed by atoms with van der Waals surface area (Å²) in [5, 5.41) is -0.311. The van der Waals surface area contributed by atoms with Crippen LogP contribution in [0.25, 0.3) is 0 Å². The second-order valence-corrected chi connectivity index (χ2v) is 9.87. The Balaban J connectivity index is 1.91. The van der Waals surface area contributed by atoms with E-state index in [1.54, 1.807) is 0 Å². The number of imidazole rings is 1. The van der Waals surface area contributed by atoms with Crippen LogP contribution in [0.4, 0.5) is 17.6 Å². The van der Waals surface area contributed by atoms with Crippen molar-refractivity contribution in [1.29, 1.82) is 0 Å². The number of aromatic nitrogens is 2. The van der Waals surface area contributed by atoms with Gasteiger partial charge in [-0.25, -0.2) is 17.8 Å². The van der Waals surface area contributed by atoms with Crippen LogP contribution in [0, 0.1) is 18.7 Å². The van der Waals surface area contributed by atoms with Crippen LogP contribution in [0.5, 0.6) is 0 Å². The van der Waals surface area contributed by atoms with Gasteiger partial charge in [0.2, 0.25) is 0 Å². The minimum atomic E-state index is -4.24. The summed E-state index contributed by atoms with van der Waals surface area (Å²) in [5.41, 5.74) is 0.711. The predicted molar refractivity (Wildman–Crippen MR) is 103 cm³/mol. The van der Waals surface area contributed by atoms with Crippen molar-refractivity contribution in [3.8, 4) is 0 Å². The van der Waals surface area contributed by atoms with Gasteiger partial charge in [0.25, 0.3) is 0 Å². The molecule has 1 N–H and O–H groups in total.